The molecule has 3 aromatic rings. The van der Waals surface area contributed by atoms with Gasteiger partial charge in [-0.05, 0) is 23.6 Å². The molecule has 0 nitrogen and oxygen atoms in total. The van der Waals surface area contributed by atoms with Crippen LogP contribution in [0.2, 0.25) is 0 Å². The summed E-state index contributed by atoms with van der Waals surface area (Å²) in [5.41, 5.74) is 3.79. The van der Waals surface area contributed by atoms with Crippen LogP contribution in [-0.2, 0) is 0 Å². The van der Waals surface area contributed by atoms with Gasteiger partial charge in [0.1, 0.15) is 9.52 Å². The maximum Gasteiger partial charge on any atom is 0.115 e. The van der Waals surface area contributed by atoms with E-state index in [1.807, 2.05) is 0 Å². The Kier molecular flexibility index (Phi) is 4.67. The van der Waals surface area contributed by atoms with Gasteiger partial charge in [-0.3, -0.25) is 0 Å². The molecule has 22 heavy (non-hydrogen) atoms. The summed E-state index contributed by atoms with van der Waals surface area (Å²) < 4.78 is 0. The molecule has 3 rings (SSSR count). The van der Waals surface area contributed by atoms with Crippen molar-refractivity contribution in [3.05, 3.63) is 95.7 Å². The number of rotatable bonds is 4. The Morgan fingerprint density at radius 2 is 1.23 bits per heavy atom. The quantitative estimate of drug-likeness (QED) is 0.610. The molecule has 0 bridgehead atoms. The molecule has 0 saturated carbocycles. The third-order valence-corrected chi connectivity index (χ3v) is 4.68. The van der Waals surface area contributed by atoms with E-state index >= 15 is 0 Å². The van der Waals surface area contributed by atoms with Crippen LogP contribution in [-0.4, -0.2) is 9.52 Å². The standard InChI is InChI=1S/C21H18Si/c1-17(22-21-10-6-3-7-11-21)16-18-12-14-20(15-13-18)19-8-4-2-5-9-19/h2-16H,1H3/b17-16+. The summed E-state index contributed by atoms with van der Waals surface area (Å²) in [6.07, 6.45) is 2.28. The first-order valence-corrected chi connectivity index (χ1v) is 8.47. The van der Waals surface area contributed by atoms with Crippen LogP contribution in [0.3, 0.4) is 0 Å². The van der Waals surface area contributed by atoms with Crippen molar-refractivity contribution < 1.29 is 0 Å². The number of allylic oxidation sites excluding steroid dienone is 1. The van der Waals surface area contributed by atoms with Crippen LogP contribution in [0.25, 0.3) is 17.2 Å². The van der Waals surface area contributed by atoms with Crippen LogP contribution >= 0.6 is 0 Å². The molecular weight excluding hydrogens is 280 g/mol. The highest BCUT2D eigenvalue weighted by molar-refractivity contribution is 6.61. The van der Waals surface area contributed by atoms with Crippen molar-refractivity contribution in [2.24, 2.45) is 0 Å². The van der Waals surface area contributed by atoms with Gasteiger partial charge in [-0.15, -0.1) is 0 Å². The first kappa shape index (κ1) is 14.5. The van der Waals surface area contributed by atoms with Crippen molar-refractivity contribution in [2.75, 3.05) is 0 Å². The van der Waals surface area contributed by atoms with Crippen molar-refractivity contribution in [3.8, 4) is 11.1 Å². The minimum Gasteiger partial charge on any atom is -0.0818 e. The van der Waals surface area contributed by atoms with Crippen molar-refractivity contribution in [1.82, 2.24) is 0 Å². The zero-order valence-corrected chi connectivity index (χ0v) is 13.7. The first-order valence-electron chi connectivity index (χ1n) is 7.47. The Bertz CT molecular complexity index is 741. The molecule has 1 heteroatoms. The Balaban J connectivity index is 1.74. The predicted octanol–water partition coefficient (Wildman–Crippen LogP) is 4.74. The number of benzene rings is 3. The van der Waals surface area contributed by atoms with Gasteiger partial charge in [0.2, 0.25) is 0 Å². The maximum absolute atomic E-state index is 2.28. The van der Waals surface area contributed by atoms with E-state index < -0.39 is 0 Å². The van der Waals surface area contributed by atoms with E-state index in [-0.39, 0.29) is 0 Å². The smallest absolute Gasteiger partial charge is 0.0818 e. The summed E-state index contributed by atoms with van der Waals surface area (Å²) in [5, 5.41) is 2.79. The van der Waals surface area contributed by atoms with Gasteiger partial charge in [0, 0.05) is 0 Å². The van der Waals surface area contributed by atoms with Gasteiger partial charge in [0.05, 0.1) is 0 Å². The molecule has 0 fully saturated rings. The summed E-state index contributed by atoms with van der Waals surface area (Å²) in [4.78, 5) is 0. The third-order valence-electron chi connectivity index (χ3n) is 3.52. The third kappa shape index (κ3) is 3.83. The van der Waals surface area contributed by atoms with E-state index in [0.29, 0.717) is 0 Å². The monoisotopic (exact) mass is 298 g/mol. The molecule has 0 saturated heterocycles. The van der Waals surface area contributed by atoms with Gasteiger partial charge in [-0.1, -0.05) is 101 Å². The van der Waals surface area contributed by atoms with Gasteiger partial charge < -0.3 is 0 Å². The van der Waals surface area contributed by atoms with Crippen LogP contribution in [0.15, 0.2) is 90.1 Å². The fourth-order valence-electron chi connectivity index (χ4n) is 2.44. The van der Waals surface area contributed by atoms with Crippen molar-refractivity contribution in [3.63, 3.8) is 0 Å². The molecule has 3 aromatic carbocycles. The molecule has 0 atom stereocenters. The molecule has 0 aliphatic rings. The van der Waals surface area contributed by atoms with Crippen molar-refractivity contribution in [1.29, 1.82) is 0 Å². The summed E-state index contributed by atoms with van der Waals surface area (Å²) in [6.45, 7) is 2.20. The summed E-state index contributed by atoms with van der Waals surface area (Å²) in [6, 6.07) is 29.9. The molecule has 106 valence electrons. The van der Waals surface area contributed by atoms with Crippen LogP contribution in [0.5, 0.6) is 0 Å². The normalized spacial score (nSPS) is 11.4. The SMILES string of the molecule is C/C(=C\c1ccc(-c2ccccc2)cc1)[Si]c1ccccc1. The Morgan fingerprint density at radius 1 is 0.682 bits per heavy atom. The van der Waals surface area contributed by atoms with Gasteiger partial charge in [0.25, 0.3) is 0 Å². The van der Waals surface area contributed by atoms with Crippen LogP contribution in [0.4, 0.5) is 0 Å². The highest BCUT2D eigenvalue weighted by Crippen LogP contribution is 2.20. The molecule has 0 aliphatic carbocycles. The Labute approximate surface area is 135 Å². The minimum atomic E-state index is 0.735. The molecule has 0 aliphatic heterocycles. The zero-order valence-electron chi connectivity index (χ0n) is 12.7. The molecule has 0 spiro atoms. The second-order valence-corrected chi connectivity index (χ2v) is 6.92. The summed E-state index contributed by atoms with van der Waals surface area (Å²) in [5.74, 6) is 0. The molecule has 0 N–H and O–H groups in total. The highest BCUT2D eigenvalue weighted by Gasteiger charge is 1.99. The topological polar surface area (TPSA) is 0 Å². The Hall–Kier alpha value is -2.38. The lowest BCUT2D eigenvalue weighted by molar-refractivity contribution is 1.58. The molecule has 0 heterocycles. The van der Waals surface area contributed by atoms with E-state index in [0.717, 1.165) is 9.52 Å². The van der Waals surface area contributed by atoms with E-state index in [1.165, 1.54) is 27.1 Å². The largest absolute Gasteiger partial charge is 0.115 e. The van der Waals surface area contributed by atoms with Crippen LogP contribution in [0.1, 0.15) is 12.5 Å². The van der Waals surface area contributed by atoms with E-state index in [4.69, 9.17) is 0 Å². The second kappa shape index (κ2) is 7.06. The lowest BCUT2D eigenvalue weighted by Gasteiger charge is -2.04. The summed E-state index contributed by atoms with van der Waals surface area (Å²) >= 11 is 0. The van der Waals surface area contributed by atoms with E-state index in [2.05, 4.69) is 97.9 Å². The highest BCUT2D eigenvalue weighted by atomic mass is 28.2. The van der Waals surface area contributed by atoms with Gasteiger partial charge in [0.15, 0.2) is 0 Å². The van der Waals surface area contributed by atoms with E-state index in [9.17, 15) is 0 Å². The van der Waals surface area contributed by atoms with Gasteiger partial charge in [-0.2, -0.15) is 0 Å². The minimum absolute atomic E-state index is 0.735. The maximum atomic E-state index is 2.28. The molecule has 0 amide bonds. The van der Waals surface area contributed by atoms with Crippen molar-refractivity contribution in [2.45, 2.75) is 6.92 Å². The molecular formula is C21H18Si. The van der Waals surface area contributed by atoms with Crippen LogP contribution < -0.4 is 5.19 Å². The van der Waals surface area contributed by atoms with Gasteiger partial charge >= 0.3 is 0 Å². The average Bonchev–Trinajstić information content (AvgIpc) is 2.57. The lowest BCUT2D eigenvalue weighted by Crippen LogP contribution is -2.14. The molecule has 2 radical (unpaired) electrons. The summed E-state index contributed by atoms with van der Waals surface area (Å²) in [7, 11) is 0.735. The average molecular weight is 298 g/mol. The predicted molar refractivity (Wildman–Crippen MR) is 97.4 cm³/mol. The fraction of sp³-hybridized carbons (Fsp3) is 0.0476. The number of hydrogen-bond acceptors (Lipinski definition) is 0. The Morgan fingerprint density at radius 3 is 1.86 bits per heavy atom. The van der Waals surface area contributed by atoms with Crippen molar-refractivity contribution >= 4 is 20.8 Å². The van der Waals surface area contributed by atoms with Gasteiger partial charge in [-0.25, -0.2) is 0 Å². The molecule has 0 aromatic heterocycles. The zero-order chi connectivity index (χ0) is 15.2. The fourth-order valence-corrected chi connectivity index (χ4v) is 3.49. The lowest BCUT2D eigenvalue weighted by atomic mass is 10.0. The molecule has 0 unspecified atom stereocenters. The van der Waals surface area contributed by atoms with E-state index in [1.54, 1.807) is 0 Å². The second-order valence-electron chi connectivity index (χ2n) is 5.31. The first-order chi connectivity index (χ1) is 10.8. The number of hydrogen-bond donors (Lipinski definition) is 0. The van der Waals surface area contributed by atoms with Crippen LogP contribution in [0, 0.1) is 0 Å².